The molecule has 0 fully saturated rings. The number of rotatable bonds is 5. The number of fused-ring (bicyclic) bond motifs is 2. The molecule has 160 valence electrons. The van der Waals surface area contributed by atoms with Crippen molar-refractivity contribution in [1.29, 1.82) is 0 Å². The van der Waals surface area contributed by atoms with Crippen LogP contribution < -0.4 is 14.5 Å². The van der Waals surface area contributed by atoms with Crippen molar-refractivity contribution in [3.05, 3.63) is 52.0 Å². The number of hydrogen-bond donors (Lipinski definition) is 1. The maximum absolute atomic E-state index is 13.0. The highest BCUT2D eigenvalue weighted by Gasteiger charge is 2.32. The van der Waals surface area contributed by atoms with Crippen LogP contribution in [0, 0.1) is 0 Å². The van der Waals surface area contributed by atoms with Crippen LogP contribution in [0.5, 0.6) is 0 Å². The minimum absolute atomic E-state index is 0.0227. The van der Waals surface area contributed by atoms with Gasteiger partial charge in [0.1, 0.15) is 0 Å². The van der Waals surface area contributed by atoms with E-state index in [4.69, 9.17) is 0 Å². The predicted molar refractivity (Wildman–Crippen MR) is 123 cm³/mol. The summed E-state index contributed by atoms with van der Waals surface area (Å²) in [6.45, 7) is 5.32. The third-order valence-electron chi connectivity index (χ3n) is 5.86. The Kier molecular flexibility index (Phi) is 5.92. The molecule has 2 aromatic rings. The van der Waals surface area contributed by atoms with Gasteiger partial charge in [0.25, 0.3) is 0 Å². The predicted octanol–water partition coefficient (Wildman–Crippen LogP) is 3.48. The van der Waals surface area contributed by atoms with Crippen LogP contribution in [0.2, 0.25) is 0 Å². The van der Waals surface area contributed by atoms with Crippen molar-refractivity contribution in [2.24, 2.45) is 0 Å². The van der Waals surface area contributed by atoms with Crippen molar-refractivity contribution in [2.45, 2.75) is 44.0 Å². The number of amides is 1. The van der Waals surface area contributed by atoms with Gasteiger partial charge in [0.15, 0.2) is 0 Å². The molecule has 0 unspecified atom stereocenters. The molecule has 1 amide bonds. The second-order valence-electron chi connectivity index (χ2n) is 7.97. The monoisotopic (exact) mass is 491 g/mol. The summed E-state index contributed by atoms with van der Waals surface area (Å²) in [6.07, 6.45) is 2.85. The number of anilines is 2. The van der Waals surface area contributed by atoms with Gasteiger partial charge in [-0.2, -0.15) is 0 Å². The molecule has 0 radical (unpaired) electrons. The van der Waals surface area contributed by atoms with Gasteiger partial charge >= 0.3 is 0 Å². The normalized spacial score (nSPS) is 18.3. The van der Waals surface area contributed by atoms with Gasteiger partial charge in [-0.15, -0.1) is 0 Å². The molecule has 8 heteroatoms. The zero-order valence-electron chi connectivity index (χ0n) is 17.2. The van der Waals surface area contributed by atoms with Crippen LogP contribution in [-0.4, -0.2) is 40.0 Å². The maximum atomic E-state index is 13.0. The smallest absolute Gasteiger partial charge is 0.241 e. The van der Waals surface area contributed by atoms with Crippen LogP contribution in [0.25, 0.3) is 0 Å². The second-order valence-corrected chi connectivity index (χ2v) is 10.6. The van der Waals surface area contributed by atoms with Crippen molar-refractivity contribution in [3.8, 4) is 0 Å². The molecule has 2 aromatic carbocycles. The van der Waals surface area contributed by atoms with Crippen molar-refractivity contribution >= 4 is 43.2 Å². The molecule has 0 saturated carbocycles. The molecule has 0 spiro atoms. The Balaban J connectivity index is 1.51. The molecule has 2 heterocycles. The van der Waals surface area contributed by atoms with Gasteiger partial charge in [-0.25, -0.2) is 13.1 Å². The molecule has 4 rings (SSSR count). The summed E-state index contributed by atoms with van der Waals surface area (Å²) in [5.74, 6) is -0.0800. The van der Waals surface area contributed by atoms with E-state index in [9.17, 15) is 13.2 Å². The Morgan fingerprint density at radius 3 is 2.73 bits per heavy atom. The minimum atomic E-state index is -3.72. The van der Waals surface area contributed by atoms with Crippen molar-refractivity contribution in [2.75, 3.05) is 29.4 Å². The molecule has 0 saturated heterocycles. The quantitative estimate of drug-likeness (QED) is 0.694. The zero-order chi connectivity index (χ0) is 21.5. The third kappa shape index (κ3) is 4.00. The fourth-order valence-electron chi connectivity index (χ4n) is 4.54. The number of carbonyl (C=O) groups excluding carboxylic acids is 1. The lowest BCUT2D eigenvalue weighted by Gasteiger charge is -2.31. The van der Waals surface area contributed by atoms with Crippen molar-refractivity contribution in [1.82, 2.24) is 4.72 Å². The molecule has 2 aliphatic rings. The van der Waals surface area contributed by atoms with E-state index in [1.54, 1.807) is 11.0 Å². The Labute approximate surface area is 186 Å². The number of nitrogens with one attached hydrogen (secondary N) is 1. The molecule has 0 aromatic heterocycles. The highest BCUT2D eigenvalue weighted by molar-refractivity contribution is 9.10. The first kappa shape index (κ1) is 21.3. The molecular formula is C22H26BrN3O3S. The lowest BCUT2D eigenvalue weighted by atomic mass is 10.0. The van der Waals surface area contributed by atoms with Crippen LogP contribution in [0.4, 0.5) is 11.4 Å². The summed E-state index contributed by atoms with van der Waals surface area (Å²) in [7, 11) is -3.72. The minimum Gasteiger partial charge on any atom is -0.370 e. The van der Waals surface area contributed by atoms with E-state index >= 15 is 0 Å². The first-order valence-electron chi connectivity index (χ1n) is 10.2. The van der Waals surface area contributed by atoms with Crippen LogP contribution >= 0.6 is 15.9 Å². The van der Waals surface area contributed by atoms with E-state index in [-0.39, 0.29) is 16.8 Å². The fourth-order valence-corrected chi connectivity index (χ4v) is 6.67. The topological polar surface area (TPSA) is 69.7 Å². The van der Waals surface area contributed by atoms with Crippen LogP contribution in [0.1, 0.15) is 31.4 Å². The van der Waals surface area contributed by atoms with E-state index in [0.717, 1.165) is 31.4 Å². The number of aryl methyl sites for hydroxylation is 1. The third-order valence-corrected chi connectivity index (χ3v) is 8.28. The SMILES string of the molecule is CC(=O)N1c2cc(S(=O)(=O)NCCN3CCCc4ccccc43)c(Br)cc2C[C@@H]1C. The molecule has 0 aliphatic carbocycles. The molecule has 1 N–H and O–H groups in total. The summed E-state index contributed by atoms with van der Waals surface area (Å²) in [4.78, 5) is 16.1. The number of sulfonamides is 1. The number of para-hydroxylation sites is 1. The van der Waals surface area contributed by atoms with E-state index in [1.807, 2.05) is 25.1 Å². The van der Waals surface area contributed by atoms with Gasteiger partial charge < -0.3 is 9.80 Å². The second kappa shape index (κ2) is 8.32. The van der Waals surface area contributed by atoms with E-state index in [2.05, 4.69) is 37.7 Å². The average molecular weight is 492 g/mol. The van der Waals surface area contributed by atoms with Gasteiger partial charge in [-0.3, -0.25) is 4.79 Å². The van der Waals surface area contributed by atoms with Crippen molar-refractivity contribution < 1.29 is 13.2 Å². The maximum Gasteiger partial charge on any atom is 0.241 e. The Bertz CT molecular complexity index is 1090. The molecule has 1 atom stereocenters. The largest absolute Gasteiger partial charge is 0.370 e. The first-order chi connectivity index (χ1) is 14.3. The van der Waals surface area contributed by atoms with Crippen LogP contribution in [-0.2, 0) is 27.7 Å². The summed E-state index contributed by atoms with van der Waals surface area (Å²) < 4.78 is 29.3. The number of benzene rings is 2. The van der Waals surface area contributed by atoms with Crippen LogP contribution in [0.3, 0.4) is 0 Å². The number of hydrogen-bond acceptors (Lipinski definition) is 4. The average Bonchev–Trinajstić information content (AvgIpc) is 3.02. The van der Waals surface area contributed by atoms with E-state index in [0.29, 0.717) is 23.2 Å². The lowest BCUT2D eigenvalue weighted by molar-refractivity contribution is -0.116. The lowest BCUT2D eigenvalue weighted by Crippen LogP contribution is -2.37. The molecule has 30 heavy (non-hydrogen) atoms. The molecule has 6 nitrogen and oxygen atoms in total. The molecule has 0 bridgehead atoms. The van der Waals surface area contributed by atoms with Gasteiger partial charge in [0, 0.05) is 48.4 Å². The Morgan fingerprint density at radius 2 is 1.97 bits per heavy atom. The summed E-state index contributed by atoms with van der Waals surface area (Å²) >= 11 is 3.42. The van der Waals surface area contributed by atoms with Gasteiger partial charge in [0.2, 0.25) is 15.9 Å². The van der Waals surface area contributed by atoms with E-state index in [1.165, 1.54) is 18.2 Å². The first-order valence-corrected chi connectivity index (χ1v) is 12.5. The molecule has 2 aliphatic heterocycles. The Hall–Kier alpha value is -1.90. The summed E-state index contributed by atoms with van der Waals surface area (Å²) in [5.41, 5.74) is 4.16. The van der Waals surface area contributed by atoms with Crippen molar-refractivity contribution in [3.63, 3.8) is 0 Å². The highest BCUT2D eigenvalue weighted by Crippen LogP contribution is 2.38. The van der Waals surface area contributed by atoms with Gasteiger partial charge in [-0.05, 0) is 71.4 Å². The summed E-state index contributed by atoms with van der Waals surface area (Å²) in [6, 6.07) is 11.8. The van der Waals surface area contributed by atoms with Gasteiger partial charge in [-0.1, -0.05) is 18.2 Å². The Morgan fingerprint density at radius 1 is 1.20 bits per heavy atom. The number of halogens is 1. The zero-order valence-corrected chi connectivity index (χ0v) is 19.6. The van der Waals surface area contributed by atoms with Crippen LogP contribution in [0.15, 0.2) is 45.8 Å². The summed E-state index contributed by atoms with van der Waals surface area (Å²) in [5, 5.41) is 0. The number of nitrogens with zero attached hydrogens (tertiary/aromatic N) is 2. The van der Waals surface area contributed by atoms with E-state index < -0.39 is 10.0 Å². The molecular weight excluding hydrogens is 466 g/mol. The number of carbonyl (C=O) groups is 1. The fraction of sp³-hybridized carbons (Fsp3) is 0.409. The van der Waals surface area contributed by atoms with Gasteiger partial charge in [0.05, 0.1) is 4.90 Å². The highest BCUT2D eigenvalue weighted by atomic mass is 79.9. The standard InChI is InChI=1S/C22H26BrN3O3S/c1-15-12-18-13-19(23)22(14-21(18)26(15)16(2)27)30(28,29)24-9-11-25-10-5-7-17-6-3-4-8-20(17)25/h3-4,6,8,13-15,24H,5,7,9-12H2,1-2H3/t15-/m0/s1.